The molecule has 4 aromatic heterocycles. The molecule has 0 aromatic carbocycles. The number of methoxy groups -OCH3 is 1. The van der Waals surface area contributed by atoms with Crippen molar-refractivity contribution in [2.45, 2.75) is 76.9 Å². The largest absolute Gasteiger partial charge is 0.482 e. The number of piperidine rings is 2. The number of nitrogens with two attached hydrogens (primary N) is 1. The van der Waals surface area contributed by atoms with Gasteiger partial charge in [0.2, 0.25) is 0 Å². The third kappa shape index (κ3) is 3.72. The van der Waals surface area contributed by atoms with Crippen LogP contribution in [-0.2, 0) is 13.0 Å². The lowest BCUT2D eigenvalue weighted by Gasteiger charge is -2.51. The standard InChI is InChI=1S/C30H36N6O2/c1-4-22-8-7-20-13-24(34(28(20)32-22)16-19-5-6-19)27-18(2)36-25(33-27)14-21(15-26(36)38-3)29(37)35-17-30(31)11-9-23(35)10-12-30/h7-8,13-15,19,23H,4-6,9-12,16-17,31H2,1-3H3. The zero-order valence-corrected chi connectivity index (χ0v) is 22.5. The van der Waals surface area contributed by atoms with Crippen LogP contribution in [-0.4, -0.2) is 55.0 Å². The van der Waals surface area contributed by atoms with Crippen LogP contribution in [0, 0.1) is 12.8 Å². The highest BCUT2D eigenvalue weighted by atomic mass is 16.5. The van der Waals surface area contributed by atoms with Gasteiger partial charge in [-0.05, 0) is 82.1 Å². The first-order chi connectivity index (χ1) is 18.4. The van der Waals surface area contributed by atoms with Crippen molar-refractivity contribution in [2.24, 2.45) is 11.7 Å². The molecule has 8 heteroatoms. The predicted octanol–water partition coefficient (Wildman–Crippen LogP) is 4.74. The monoisotopic (exact) mass is 512 g/mol. The summed E-state index contributed by atoms with van der Waals surface area (Å²) in [7, 11) is 1.65. The lowest BCUT2D eigenvalue weighted by atomic mass is 9.74. The molecule has 38 heavy (non-hydrogen) atoms. The number of imidazole rings is 1. The van der Waals surface area contributed by atoms with Gasteiger partial charge in [0.1, 0.15) is 17.0 Å². The fourth-order valence-electron chi connectivity index (χ4n) is 6.61. The van der Waals surface area contributed by atoms with E-state index in [4.69, 9.17) is 20.4 Å². The Morgan fingerprint density at radius 2 is 1.92 bits per heavy atom. The summed E-state index contributed by atoms with van der Waals surface area (Å²) in [5, 5.41) is 1.13. The number of carbonyl (C=O) groups excluding carboxylic acids is 1. The molecule has 8 rings (SSSR count). The molecule has 1 amide bonds. The van der Waals surface area contributed by atoms with E-state index >= 15 is 0 Å². The summed E-state index contributed by atoms with van der Waals surface area (Å²) in [6.45, 7) is 5.79. The Hall–Kier alpha value is -3.39. The average molecular weight is 513 g/mol. The molecule has 2 bridgehead atoms. The van der Waals surface area contributed by atoms with Crippen molar-refractivity contribution >= 4 is 22.6 Å². The summed E-state index contributed by atoms with van der Waals surface area (Å²) >= 11 is 0. The van der Waals surface area contributed by atoms with Gasteiger partial charge in [0.05, 0.1) is 18.5 Å². The Morgan fingerprint density at radius 1 is 1.13 bits per heavy atom. The maximum absolute atomic E-state index is 13.7. The van der Waals surface area contributed by atoms with Crippen LogP contribution in [0.15, 0.2) is 30.3 Å². The molecular weight excluding hydrogens is 476 g/mol. The Labute approximate surface area is 222 Å². The molecule has 4 fully saturated rings. The molecule has 0 radical (unpaired) electrons. The van der Waals surface area contributed by atoms with Gasteiger partial charge >= 0.3 is 0 Å². The van der Waals surface area contributed by atoms with Crippen LogP contribution >= 0.6 is 0 Å². The molecule has 4 aromatic rings. The molecule has 2 saturated heterocycles. The molecule has 2 aliphatic carbocycles. The smallest absolute Gasteiger partial charge is 0.254 e. The van der Waals surface area contributed by atoms with Gasteiger partial charge in [0, 0.05) is 47.4 Å². The summed E-state index contributed by atoms with van der Waals surface area (Å²) in [4.78, 5) is 25.8. The van der Waals surface area contributed by atoms with Crippen molar-refractivity contribution in [2.75, 3.05) is 13.7 Å². The van der Waals surface area contributed by atoms with E-state index in [1.54, 1.807) is 7.11 Å². The second-order valence-electron chi connectivity index (χ2n) is 11.7. The first kappa shape index (κ1) is 23.7. The highest BCUT2D eigenvalue weighted by Crippen LogP contribution is 2.39. The van der Waals surface area contributed by atoms with Crippen molar-refractivity contribution in [3.63, 3.8) is 0 Å². The lowest BCUT2D eigenvalue weighted by molar-refractivity contribution is 0.0237. The second-order valence-corrected chi connectivity index (χ2v) is 11.7. The molecule has 198 valence electrons. The van der Waals surface area contributed by atoms with Crippen LogP contribution in [0.5, 0.6) is 5.88 Å². The minimum absolute atomic E-state index is 0.0198. The average Bonchev–Trinajstić information content (AvgIpc) is 3.61. The third-order valence-electron chi connectivity index (χ3n) is 9.06. The van der Waals surface area contributed by atoms with Crippen LogP contribution in [0.1, 0.15) is 67.2 Å². The fraction of sp³-hybridized carbons (Fsp3) is 0.500. The summed E-state index contributed by atoms with van der Waals surface area (Å²) in [6, 6.07) is 10.5. The van der Waals surface area contributed by atoms with Gasteiger partial charge in [0.25, 0.3) is 5.91 Å². The Kier molecular flexibility index (Phi) is 5.34. The quantitative estimate of drug-likeness (QED) is 0.403. The number of amides is 1. The lowest BCUT2D eigenvalue weighted by Crippen LogP contribution is -2.63. The van der Waals surface area contributed by atoms with Gasteiger partial charge in [-0.15, -0.1) is 0 Å². The third-order valence-corrected chi connectivity index (χ3v) is 9.06. The zero-order valence-electron chi connectivity index (χ0n) is 22.5. The van der Waals surface area contributed by atoms with Crippen molar-refractivity contribution in [1.29, 1.82) is 0 Å². The van der Waals surface area contributed by atoms with E-state index in [9.17, 15) is 4.79 Å². The Bertz CT molecular complexity index is 1570. The van der Waals surface area contributed by atoms with Gasteiger partial charge in [-0.25, -0.2) is 9.97 Å². The van der Waals surface area contributed by atoms with E-state index in [0.717, 1.165) is 78.1 Å². The minimum atomic E-state index is -0.254. The normalized spacial score (nSPS) is 23.1. The van der Waals surface area contributed by atoms with E-state index < -0.39 is 0 Å². The fourth-order valence-corrected chi connectivity index (χ4v) is 6.61. The van der Waals surface area contributed by atoms with E-state index in [1.807, 2.05) is 21.4 Å². The van der Waals surface area contributed by atoms with Gasteiger partial charge in [-0.3, -0.25) is 9.20 Å². The van der Waals surface area contributed by atoms with Crippen LogP contribution < -0.4 is 10.5 Å². The van der Waals surface area contributed by atoms with Crippen LogP contribution in [0.3, 0.4) is 0 Å². The number of nitrogens with zero attached hydrogens (tertiary/aromatic N) is 5. The second kappa shape index (κ2) is 8.56. The number of rotatable bonds is 6. The first-order valence-electron chi connectivity index (χ1n) is 14.0. The predicted molar refractivity (Wildman–Crippen MR) is 148 cm³/mol. The maximum Gasteiger partial charge on any atom is 0.254 e. The highest BCUT2D eigenvalue weighted by molar-refractivity contribution is 5.96. The summed E-state index contributed by atoms with van der Waals surface area (Å²) < 4.78 is 10.2. The molecule has 6 heterocycles. The summed E-state index contributed by atoms with van der Waals surface area (Å²) in [5.74, 6) is 1.33. The first-order valence-corrected chi connectivity index (χ1v) is 14.0. The number of hydrogen-bond donors (Lipinski definition) is 1. The highest BCUT2D eigenvalue weighted by Gasteiger charge is 2.44. The molecule has 8 nitrogen and oxygen atoms in total. The van der Waals surface area contributed by atoms with E-state index in [1.165, 1.54) is 12.8 Å². The number of carbonyl (C=O) groups is 1. The molecular formula is C30H36N6O2. The molecule has 0 atom stereocenters. The van der Waals surface area contributed by atoms with Crippen LogP contribution in [0.25, 0.3) is 28.1 Å². The van der Waals surface area contributed by atoms with Crippen molar-refractivity contribution in [3.8, 4) is 17.3 Å². The number of pyridine rings is 2. The Balaban J connectivity index is 1.34. The topological polar surface area (TPSA) is 90.7 Å². The van der Waals surface area contributed by atoms with E-state index in [-0.39, 0.29) is 17.5 Å². The maximum atomic E-state index is 13.7. The number of hydrogen-bond acceptors (Lipinski definition) is 5. The van der Waals surface area contributed by atoms with Crippen LogP contribution in [0.2, 0.25) is 0 Å². The number of aromatic nitrogens is 4. The Morgan fingerprint density at radius 3 is 2.61 bits per heavy atom. The summed E-state index contributed by atoms with van der Waals surface area (Å²) in [6.07, 6.45) is 7.38. The van der Waals surface area contributed by atoms with Gasteiger partial charge in [0.15, 0.2) is 5.88 Å². The van der Waals surface area contributed by atoms with Gasteiger partial charge in [-0.1, -0.05) is 6.92 Å². The van der Waals surface area contributed by atoms with E-state index in [2.05, 4.69) is 36.6 Å². The number of aryl methyl sites for hydroxylation is 2. The van der Waals surface area contributed by atoms with Crippen LogP contribution in [0.4, 0.5) is 0 Å². The molecule has 2 N–H and O–H groups in total. The van der Waals surface area contributed by atoms with Gasteiger partial charge < -0.3 is 19.9 Å². The zero-order chi connectivity index (χ0) is 26.2. The van der Waals surface area contributed by atoms with Gasteiger partial charge in [-0.2, -0.15) is 0 Å². The minimum Gasteiger partial charge on any atom is -0.482 e. The SMILES string of the molecule is CCc1ccc2cc(-c3nc4cc(C(=O)N5CC6(N)CCC5CC6)cc(OC)n4c3C)n(CC3CC3)c2n1. The number of ether oxygens (including phenoxy) is 1. The van der Waals surface area contributed by atoms with Crippen molar-refractivity contribution in [1.82, 2.24) is 23.8 Å². The number of fused-ring (bicyclic) bond motifs is 5. The van der Waals surface area contributed by atoms with Crippen molar-refractivity contribution < 1.29 is 9.53 Å². The summed E-state index contributed by atoms with van der Waals surface area (Å²) in [5.41, 5.74) is 12.8. The van der Waals surface area contributed by atoms with E-state index in [0.29, 0.717) is 23.9 Å². The molecule has 2 saturated carbocycles. The molecule has 0 spiro atoms. The molecule has 4 aliphatic rings. The molecule has 0 unspecified atom stereocenters. The van der Waals surface area contributed by atoms with Crippen molar-refractivity contribution in [3.05, 3.63) is 47.3 Å². The molecule has 2 aliphatic heterocycles.